The van der Waals surface area contributed by atoms with E-state index in [1.807, 2.05) is 0 Å². The van der Waals surface area contributed by atoms with E-state index in [1.165, 1.54) is 12.4 Å². The maximum Gasteiger partial charge on any atom is 0.321 e. The number of amides is 2. The molecule has 0 aromatic carbocycles. The van der Waals surface area contributed by atoms with Crippen molar-refractivity contribution in [2.24, 2.45) is 5.92 Å². The molecule has 3 N–H and O–H groups in total. The molecule has 20 heavy (non-hydrogen) atoms. The molecule has 1 saturated carbocycles. The molecule has 0 spiro atoms. The van der Waals surface area contributed by atoms with Gasteiger partial charge in [-0.05, 0) is 12.8 Å². The zero-order chi connectivity index (χ0) is 14.4. The van der Waals surface area contributed by atoms with E-state index in [1.54, 1.807) is 0 Å². The summed E-state index contributed by atoms with van der Waals surface area (Å²) in [6, 6.07) is -0.872. The number of aliphatic carboxylic acids is 1. The van der Waals surface area contributed by atoms with Crippen LogP contribution in [-0.2, 0) is 4.79 Å². The third kappa shape index (κ3) is 3.87. The summed E-state index contributed by atoms with van der Waals surface area (Å²) in [5.41, 5.74) is 0. The van der Waals surface area contributed by atoms with Crippen LogP contribution in [0.1, 0.15) is 32.1 Å². The number of hydrogen-bond donors (Lipinski definition) is 3. The Hall–Kier alpha value is -2.25. The second-order valence-electron chi connectivity index (χ2n) is 4.75. The molecule has 1 aliphatic rings. The Kier molecular flexibility index (Phi) is 4.80. The molecule has 0 saturated heterocycles. The molecule has 0 bridgehead atoms. The molecule has 1 heterocycles. The van der Waals surface area contributed by atoms with E-state index in [4.69, 9.17) is 0 Å². The highest BCUT2D eigenvalue weighted by atomic mass is 16.4. The van der Waals surface area contributed by atoms with Crippen molar-refractivity contribution in [3.8, 4) is 0 Å². The average Bonchev–Trinajstić information content (AvgIpc) is 2.65. The van der Waals surface area contributed by atoms with Gasteiger partial charge >= 0.3 is 12.0 Å². The van der Waals surface area contributed by atoms with Crippen LogP contribution in [-0.4, -0.2) is 38.3 Å². The maximum absolute atomic E-state index is 11.8. The lowest BCUT2D eigenvalue weighted by Crippen LogP contribution is -2.44. The van der Waals surface area contributed by atoms with Crippen molar-refractivity contribution < 1.29 is 14.7 Å². The number of urea groups is 1. The van der Waals surface area contributed by atoms with Crippen molar-refractivity contribution in [3.63, 3.8) is 0 Å². The molecule has 0 aliphatic heterocycles. The van der Waals surface area contributed by atoms with Gasteiger partial charge < -0.3 is 10.4 Å². The fraction of sp³-hybridized carbons (Fsp3) is 0.583. The maximum atomic E-state index is 11.8. The third-order valence-electron chi connectivity index (χ3n) is 3.36. The van der Waals surface area contributed by atoms with E-state index in [-0.39, 0.29) is 12.0 Å². The number of nitrogens with zero attached hydrogens (tertiary/aromatic N) is 3. The highest BCUT2D eigenvalue weighted by Crippen LogP contribution is 2.23. The molecule has 0 radical (unpaired) electrons. The van der Waals surface area contributed by atoms with Crippen LogP contribution in [0.25, 0.3) is 0 Å². The van der Waals surface area contributed by atoms with Gasteiger partial charge in [-0.2, -0.15) is 5.10 Å². The summed E-state index contributed by atoms with van der Waals surface area (Å²) >= 11 is 0. The summed E-state index contributed by atoms with van der Waals surface area (Å²) in [6.45, 7) is 0. The molecule has 1 fully saturated rings. The summed E-state index contributed by atoms with van der Waals surface area (Å²) in [5.74, 6) is -1.32. The van der Waals surface area contributed by atoms with E-state index in [2.05, 4.69) is 25.8 Å². The Bertz CT molecular complexity index is 467. The molecule has 1 aromatic heterocycles. The lowest BCUT2D eigenvalue weighted by atomic mass is 9.95. The predicted molar refractivity (Wildman–Crippen MR) is 70.0 cm³/mol. The van der Waals surface area contributed by atoms with E-state index < -0.39 is 17.9 Å². The number of carbonyl (C=O) groups is 2. The van der Waals surface area contributed by atoms with Gasteiger partial charge in [0.25, 0.3) is 5.95 Å². The Morgan fingerprint density at radius 1 is 1.20 bits per heavy atom. The fourth-order valence-electron chi connectivity index (χ4n) is 2.39. The summed E-state index contributed by atoms with van der Waals surface area (Å²) < 4.78 is 0. The second kappa shape index (κ2) is 6.78. The number of aromatic nitrogens is 3. The summed E-state index contributed by atoms with van der Waals surface area (Å²) in [7, 11) is 0. The summed E-state index contributed by atoms with van der Waals surface area (Å²) in [4.78, 5) is 26.9. The van der Waals surface area contributed by atoms with E-state index in [9.17, 15) is 14.7 Å². The molecular weight excluding hydrogens is 262 g/mol. The Morgan fingerprint density at radius 3 is 2.70 bits per heavy atom. The van der Waals surface area contributed by atoms with Crippen LogP contribution < -0.4 is 10.6 Å². The van der Waals surface area contributed by atoms with Crippen molar-refractivity contribution in [1.82, 2.24) is 20.5 Å². The first-order chi connectivity index (χ1) is 9.66. The first-order valence-electron chi connectivity index (χ1n) is 6.61. The van der Waals surface area contributed by atoms with Crippen LogP contribution in [0.4, 0.5) is 10.7 Å². The van der Waals surface area contributed by atoms with Crippen molar-refractivity contribution in [2.75, 3.05) is 5.32 Å². The third-order valence-corrected chi connectivity index (χ3v) is 3.36. The van der Waals surface area contributed by atoms with Gasteiger partial charge in [0.15, 0.2) is 0 Å². The SMILES string of the molecule is O=C(Nc1nccnn1)NC1CCCCCC1C(=O)O. The number of nitrogens with one attached hydrogen (secondary N) is 2. The van der Waals surface area contributed by atoms with Crippen molar-refractivity contribution in [1.29, 1.82) is 0 Å². The van der Waals surface area contributed by atoms with Crippen LogP contribution >= 0.6 is 0 Å². The minimum Gasteiger partial charge on any atom is -0.481 e. The highest BCUT2D eigenvalue weighted by Gasteiger charge is 2.30. The van der Waals surface area contributed by atoms with Gasteiger partial charge in [-0.25, -0.2) is 9.78 Å². The molecule has 2 unspecified atom stereocenters. The van der Waals surface area contributed by atoms with Crippen molar-refractivity contribution >= 4 is 17.9 Å². The van der Waals surface area contributed by atoms with Crippen LogP contribution in [0.15, 0.2) is 12.4 Å². The number of carboxylic acid groups (broad SMARTS) is 1. The molecule has 8 heteroatoms. The van der Waals surface area contributed by atoms with E-state index in [0.29, 0.717) is 12.8 Å². The molecule has 2 atom stereocenters. The number of hydrogen-bond acceptors (Lipinski definition) is 5. The average molecular weight is 279 g/mol. The minimum absolute atomic E-state index is 0.0884. The van der Waals surface area contributed by atoms with Crippen LogP contribution in [0.2, 0.25) is 0 Å². The lowest BCUT2D eigenvalue weighted by molar-refractivity contribution is -0.142. The zero-order valence-corrected chi connectivity index (χ0v) is 11.0. The number of carboxylic acids is 1. The molecule has 8 nitrogen and oxygen atoms in total. The van der Waals surface area contributed by atoms with Gasteiger partial charge in [0.2, 0.25) is 0 Å². The first-order valence-corrected chi connectivity index (χ1v) is 6.61. The van der Waals surface area contributed by atoms with Gasteiger partial charge in [-0.1, -0.05) is 19.3 Å². The summed E-state index contributed by atoms with van der Waals surface area (Å²) in [6.07, 6.45) is 6.85. The van der Waals surface area contributed by atoms with Gasteiger partial charge in [-0.15, -0.1) is 5.10 Å². The first kappa shape index (κ1) is 14.2. The quantitative estimate of drug-likeness (QED) is 0.711. The molecule has 108 valence electrons. The monoisotopic (exact) mass is 279 g/mol. The topological polar surface area (TPSA) is 117 Å². The number of carbonyl (C=O) groups excluding carboxylic acids is 1. The minimum atomic E-state index is -0.866. The van der Waals surface area contributed by atoms with E-state index >= 15 is 0 Å². The van der Waals surface area contributed by atoms with Crippen LogP contribution in [0.5, 0.6) is 0 Å². The Balaban J connectivity index is 1.95. The predicted octanol–water partition coefficient (Wildman–Crippen LogP) is 1.03. The smallest absolute Gasteiger partial charge is 0.321 e. The van der Waals surface area contributed by atoms with Gasteiger partial charge in [0.1, 0.15) is 0 Å². The molecular formula is C12H17N5O3. The van der Waals surface area contributed by atoms with Crippen LogP contribution in [0, 0.1) is 5.92 Å². The van der Waals surface area contributed by atoms with Gasteiger partial charge in [-0.3, -0.25) is 10.1 Å². The number of rotatable bonds is 3. The highest BCUT2D eigenvalue weighted by molar-refractivity contribution is 5.87. The second-order valence-corrected chi connectivity index (χ2v) is 4.75. The van der Waals surface area contributed by atoms with Crippen molar-refractivity contribution in [2.45, 2.75) is 38.1 Å². The standard InChI is InChI=1S/C12H17N5O3/c18-10(19)8-4-2-1-3-5-9(8)15-12(20)16-11-13-6-7-14-17-11/h6-9H,1-5H2,(H,18,19)(H2,13,15,16,17,20). The Morgan fingerprint density at radius 2 is 2.00 bits per heavy atom. The van der Waals surface area contributed by atoms with E-state index in [0.717, 1.165) is 19.3 Å². The van der Waals surface area contributed by atoms with Gasteiger partial charge in [0, 0.05) is 6.04 Å². The molecule has 2 amide bonds. The Labute approximate surface area is 116 Å². The molecule has 1 aliphatic carbocycles. The zero-order valence-electron chi connectivity index (χ0n) is 11.0. The molecule has 2 rings (SSSR count). The van der Waals surface area contributed by atoms with Crippen LogP contribution in [0.3, 0.4) is 0 Å². The normalized spacial score (nSPS) is 22.6. The molecule has 1 aromatic rings. The van der Waals surface area contributed by atoms with Gasteiger partial charge in [0.05, 0.1) is 18.3 Å². The summed E-state index contributed by atoms with van der Waals surface area (Å²) in [5, 5.41) is 21.6. The van der Waals surface area contributed by atoms with Crippen molar-refractivity contribution in [3.05, 3.63) is 12.4 Å². The lowest BCUT2D eigenvalue weighted by Gasteiger charge is -2.22. The largest absolute Gasteiger partial charge is 0.481 e. The fourth-order valence-corrected chi connectivity index (χ4v) is 2.39. The number of anilines is 1.